The van der Waals surface area contributed by atoms with Crippen molar-refractivity contribution < 1.29 is 4.79 Å². The first-order chi connectivity index (χ1) is 18.5. The SMILES string of the molecule is O=C1NCCC=CC[C@H](n2cnc(-c3cc(Cl)ccc3-n3cc(Cl)nn3)cc2=O)c2cc(ccn2)[C@H]2C[C@@H]12. The first kappa shape index (κ1) is 24.5. The number of benzene rings is 1. The Kier molecular flexibility index (Phi) is 6.55. The molecule has 3 aromatic heterocycles. The number of allylic oxidation sites excluding steroid dienone is 1. The van der Waals surface area contributed by atoms with Crippen LogP contribution in [0.2, 0.25) is 10.2 Å². The molecule has 1 aliphatic carbocycles. The highest BCUT2D eigenvalue weighted by Gasteiger charge is 2.44. The monoisotopic (exact) mass is 547 g/mol. The Hall–Kier alpha value is -3.82. The highest BCUT2D eigenvalue weighted by Crippen LogP contribution is 2.48. The van der Waals surface area contributed by atoms with E-state index >= 15 is 0 Å². The molecule has 11 heteroatoms. The Morgan fingerprint density at radius 3 is 2.71 bits per heavy atom. The van der Waals surface area contributed by atoms with E-state index in [2.05, 4.69) is 25.6 Å². The summed E-state index contributed by atoms with van der Waals surface area (Å²) in [6.45, 7) is 0.591. The predicted octanol–water partition coefficient (Wildman–Crippen LogP) is 4.35. The van der Waals surface area contributed by atoms with Crippen LogP contribution in [0.4, 0.5) is 0 Å². The molecule has 1 aliphatic heterocycles. The number of amides is 1. The summed E-state index contributed by atoms with van der Waals surface area (Å²) in [6, 6.07) is 10.3. The summed E-state index contributed by atoms with van der Waals surface area (Å²) < 4.78 is 3.12. The van der Waals surface area contributed by atoms with Crippen molar-refractivity contribution in [2.45, 2.75) is 31.2 Å². The van der Waals surface area contributed by atoms with Gasteiger partial charge in [-0.05, 0) is 61.1 Å². The molecular weight excluding hydrogens is 525 g/mol. The molecule has 3 atom stereocenters. The topological polar surface area (TPSA) is 108 Å². The molecule has 0 saturated heterocycles. The first-order valence-corrected chi connectivity index (χ1v) is 13.1. The maximum Gasteiger partial charge on any atom is 0.254 e. The Morgan fingerprint density at radius 1 is 1.00 bits per heavy atom. The number of halogens is 2. The highest BCUT2D eigenvalue weighted by molar-refractivity contribution is 6.31. The Labute approximate surface area is 228 Å². The third-order valence-electron chi connectivity index (χ3n) is 6.96. The molecule has 38 heavy (non-hydrogen) atoms. The summed E-state index contributed by atoms with van der Waals surface area (Å²) in [5.74, 6) is 0.265. The Bertz CT molecular complexity index is 1610. The quantitative estimate of drug-likeness (QED) is 0.382. The fourth-order valence-corrected chi connectivity index (χ4v) is 5.23. The van der Waals surface area contributed by atoms with Gasteiger partial charge in [-0.15, -0.1) is 5.10 Å². The minimum Gasteiger partial charge on any atom is -0.356 e. The number of pyridine rings is 1. The van der Waals surface area contributed by atoms with Crippen molar-refractivity contribution in [1.82, 2.24) is 34.8 Å². The summed E-state index contributed by atoms with van der Waals surface area (Å²) in [4.78, 5) is 35.2. The lowest BCUT2D eigenvalue weighted by atomic mass is 10.0. The number of hydrogen-bond acceptors (Lipinski definition) is 6. The van der Waals surface area contributed by atoms with Crippen molar-refractivity contribution >= 4 is 29.1 Å². The zero-order valence-electron chi connectivity index (χ0n) is 20.2. The van der Waals surface area contributed by atoms with Crippen LogP contribution in [0.25, 0.3) is 16.9 Å². The summed E-state index contributed by atoms with van der Waals surface area (Å²) in [5.41, 5.74) is 3.30. The van der Waals surface area contributed by atoms with Crippen molar-refractivity contribution in [1.29, 1.82) is 0 Å². The van der Waals surface area contributed by atoms with Crippen LogP contribution in [0.3, 0.4) is 0 Å². The lowest BCUT2D eigenvalue weighted by Gasteiger charge is -2.19. The standard InChI is InChI=1S/C27H23Cl2N7O2/c28-17-5-6-23(36-14-25(29)33-34-36)20(11-17)21-13-26(37)35(15-32-21)24-4-2-1-3-8-31-27(38)19-12-18(19)16-7-9-30-22(24)10-16/h1-2,5-7,9-11,13-15,18-19,24H,3-4,8,12H2,(H,31,38)/t18-,19-,24+/m1/s1. The molecule has 0 unspecified atom stereocenters. The summed E-state index contributed by atoms with van der Waals surface area (Å²) in [5, 5.41) is 11.6. The lowest BCUT2D eigenvalue weighted by molar-refractivity contribution is -0.122. The van der Waals surface area contributed by atoms with Gasteiger partial charge >= 0.3 is 0 Å². The zero-order chi connectivity index (χ0) is 26.2. The molecular formula is C27H23Cl2N7O2. The molecule has 2 bridgehead atoms. The first-order valence-electron chi connectivity index (χ1n) is 12.3. The molecule has 0 radical (unpaired) electrons. The van der Waals surface area contributed by atoms with E-state index in [0.29, 0.717) is 34.9 Å². The summed E-state index contributed by atoms with van der Waals surface area (Å²) in [7, 11) is 0. The molecule has 9 nitrogen and oxygen atoms in total. The molecule has 2 aliphatic rings. The Morgan fingerprint density at radius 2 is 1.89 bits per heavy atom. The van der Waals surface area contributed by atoms with Crippen LogP contribution in [0.5, 0.6) is 0 Å². The fraction of sp³-hybridized carbons (Fsp3) is 0.259. The van der Waals surface area contributed by atoms with E-state index < -0.39 is 0 Å². The van der Waals surface area contributed by atoms with E-state index in [4.69, 9.17) is 23.2 Å². The second-order valence-electron chi connectivity index (χ2n) is 9.43. The van der Waals surface area contributed by atoms with Crippen LogP contribution in [0, 0.1) is 5.92 Å². The molecule has 0 spiro atoms. The van der Waals surface area contributed by atoms with Crippen LogP contribution in [0.15, 0.2) is 72.1 Å². The van der Waals surface area contributed by atoms with Crippen LogP contribution in [-0.2, 0) is 4.79 Å². The lowest BCUT2D eigenvalue weighted by Crippen LogP contribution is -2.26. The number of carbonyl (C=O) groups excluding carboxylic acids is 1. The van der Waals surface area contributed by atoms with Gasteiger partial charge in [-0.25, -0.2) is 9.67 Å². The van der Waals surface area contributed by atoms with Gasteiger partial charge in [-0.3, -0.25) is 19.1 Å². The average molecular weight is 548 g/mol. The fourth-order valence-electron chi connectivity index (χ4n) is 4.93. The third-order valence-corrected chi connectivity index (χ3v) is 7.36. The molecule has 1 saturated carbocycles. The Balaban J connectivity index is 1.39. The van der Waals surface area contributed by atoms with Crippen LogP contribution in [-0.4, -0.2) is 42.0 Å². The number of hydrogen-bond donors (Lipinski definition) is 1. The van der Waals surface area contributed by atoms with Gasteiger partial charge < -0.3 is 5.32 Å². The molecule has 1 amide bonds. The molecule has 4 heterocycles. The van der Waals surface area contributed by atoms with Gasteiger partial charge in [0, 0.05) is 35.3 Å². The minimum absolute atomic E-state index is 0.0103. The van der Waals surface area contributed by atoms with Crippen molar-refractivity contribution in [3.8, 4) is 16.9 Å². The van der Waals surface area contributed by atoms with Gasteiger partial charge in [-0.1, -0.05) is 40.6 Å². The largest absolute Gasteiger partial charge is 0.356 e. The van der Waals surface area contributed by atoms with Crippen molar-refractivity contribution in [2.24, 2.45) is 5.92 Å². The van der Waals surface area contributed by atoms with Crippen LogP contribution in [0.1, 0.15) is 42.5 Å². The molecule has 192 valence electrons. The number of aromatic nitrogens is 6. The average Bonchev–Trinajstić information content (AvgIpc) is 3.61. The maximum atomic E-state index is 13.5. The van der Waals surface area contributed by atoms with Crippen molar-refractivity contribution in [3.05, 3.63) is 99.1 Å². The summed E-state index contributed by atoms with van der Waals surface area (Å²) >= 11 is 12.3. The number of nitrogens with zero attached hydrogens (tertiary/aromatic N) is 6. The normalized spacial score (nSPS) is 21.0. The van der Waals surface area contributed by atoms with E-state index in [1.807, 2.05) is 24.3 Å². The van der Waals surface area contributed by atoms with Gasteiger partial charge in [0.2, 0.25) is 5.91 Å². The molecule has 6 rings (SSSR count). The molecule has 1 N–H and O–H groups in total. The van der Waals surface area contributed by atoms with Crippen LogP contribution < -0.4 is 10.9 Å². The minimum atomic E-state index is -0.352. The van der Waals surface area contributed by atoms with Gasteiger partial charge in [-0.2, -0.15) is 0 Å². The highest BCUT2D eigenvalue weighted by atomic mass is 35.5. The third kappa shape index (κ3) is 4.87. The molecule has 1 fully saturated rings. The van der Waals surface area contributed by atoms with E-state index in [1.54, 1.807) is 41.5 Å². The van der Waals surface area contributed by atoms with Crippen molar-refractivity contribution in [3.63, 3.8) is 0 Å². The van der Waals surface area contributed by atoms with Gasteiger partial charge in [0.1, 0.15) is 0 Å². The summed E-state index contributed by atoms with van der Waals surface area (Å²) in [6.07, 6.45) is 11.0. The number of fused-ring (bicyclic) bond motifs is 4. The molecule has 1 aromatic carbocycles. The van der Waals surface area contributed by atoms with E-state index in [1.165, 1.54) is 10.7 Å². The number of rotatable bonds is 3. The van der Waals surface area contributed by atoms with E-state index in [0.717, 1.165) is 24.1 Å². The van der Waals surface area contributed by atoms with Crippen LogP contribution >= 0.6 is 23.2 Å². The molecule has 4 aromatic rings. The smallest absolute Gasteiger partial charge is 0.254 e. The zero-order valence-corrected chi connectivity index (χ0v) is 21.7. The van der Waals surface area contributed by atoms with E-state index in [9.17, 15) is 9.59 Å². The van der Waals surface area contributed by atoms with Gasteiger partial charge in [0.05, 0.1) is 35.6 Å². The van der Waals surface area contributed by atoms with E-state index in [-0.39, 0.29) is 34.5 Å². The number of carbonyl (C=O) groups is 1. The van der Waals surface area contributed by atoms with Gasteiger partial charge in [0.15, 0.2) is 5.15 Å². The maximum absolute atomic E-state index is 13.5. The van der Waals surface area contributed by atoms with Crippen molar-refractivity contribution in [2.75, 3.05) is 6.54 Å². The van der Waals surface area contributed by atoms with Gasteiger partial charge in [0.25, 0.3) is 5.56 Å². The predicted molar refractivity (Wildman–Crippen MR) is 143 cm³/mol. The second-order valence-corrected chi connectivity index (χ2v) is 10.3. The number of nitrogens with one attached hydrogen (secondary N) is 1. The second kappa shape index (κ2) is 10.2.